The third kappa shape index (κ3) is 2.62. The summed E-state index contributed by atoms with van der Waals surface area (Å²) in [7, 11) is 0. The van der Waals surface area contributed by atoms with Crippen molar-refractivity contribution in [3.05, 3.63) is 16.1 Å². The number of rotatable bonds is 3. The Balaban J connectivity index is 2.08. The van der Waals surface area contributed by atoms with Crippen LogP contribution in [0.2, 0.25) is 0 Å². The highest BCUT2D eigenvalue weighted by Gasteiger charge is 2.42. The molecule has 0 aliphatic heterocycles. The maximum absolute atomic E-state index is 4.75. The molecule has 0 aromatic carbocycles. The molecule has 1 heterocycles. The molecule has 0 atom stereocenters. The predicted octanol–water partition coefficient (Wildman–Crippen LogP) is 4.16. The van der Waals surface area contributed by atoms with E-state index in [9.17, 15) is 0 Å². The number of nitrogens with zero attached hydrogens (tertiary/aromatic N) is 1. The van der Waals surface area contributed by atoms with Crippen molar-refractivity contribution < 1.29 is 0 Å². The van der Waals surface area contributed by atoms with Crippen LogP contribution >= 0.6 is 27.3 Å². The van der Waals surface area contributed by atoms with E-state index in [4.69, 9.17) is 4.98 Å². The van der Waals surface area contributed by atoms with E-state index < -0.39 is 0 Å². The average molecular weight is 288 g/mol. The van der Waals surface area contributed by atoms with Gasteiger partial charge in [0, 0.05) is 22.5 Å². The Kier molecular flexibility index (Phi) is 2.97. The molecule has 15 heavy (non-hydrogen) atoms. The van der Waals surface area contributed by atoms with Gasteiger partial charge in [0.15, 0.2) is 0 Å². The minimum Gasteiger partial charge on any atom is -0.246 e. The maximum atomic E-state index is 4.75. The van der Waals surface area contributed by atoms with Crippen LogP contribution in [0.15, 0.2) is 5.38 Å². The zero-order chi connectivity index (χ0) is 11.1. The van der Waals surface area contributed by atoms with E-state index in [0.717, 1.165) is 5.33 Å². The zero-order valence-corrected chi connectivity index (χ0v) is 12.0. The summed E-state index contributed by atoms with van der Waals surface area (Å²) >= 11 is 5.44. The van der Waals surface area contributed by atoms with Crippen molar-refractivity contribution >= 4 is 27.3 Å². The highest BCUT2D eigenvalue weighted by atomic mass is 79.9. The highest BCUT2D eigenvalue weighted by Crippen LogP contribution is 2.50. The number of hydrogen-bond acceptors (Lipinski definition) is 2. The highest BCUT2D eigenvalue weighted by molar-refractivity contribution is 9.09. The van der Waals surface area contributed by atoms with E-state index in [1.165, 1.54) is 30.0 Å². The second kappa shape index (κ2) is 3.85. The van der Waals surface area contributed by atoms with E-state index >= 15 is 0 Å². The first-order valence-electron chi connectivity index (χ1n) is 5.46. The second-order valence-electron chi connectivity index (χ2n) is 5.69. The van der Waals surface area contributed by atoms with Gasteiger partial charge in [-0.1, -0.05) is 36.7 Å². The van der Waals surface area contributed by atoms with Crippen molar-refractivity contribution in [3.8, 4) is 0 Å². The molecule has 84 valence electrons. The van der Waals surface area contributed by atoms with Crippen LogP contribution in [-0.2, 0) is 11.8 Å². The molecule has 1 aliphatic rings. The van der Waals surface area contributed by atoms with E-state index in [1.807, 2.05) is 11.3 Å². The first-order valence-corrected chi connectivity index (χ1v) is 7.46. The van der Waals surface area contributed by atoms with E-state index in [2.05, 4.69) is 42.1 Å². The summed E-state index contributed by atoms with van der Waals surface area (Å²) in [5, 5.41) is 4.67. The molecule has 0 radical (unpaired) electrons. The molecule has 3 heteroatoms. The molecular weight excluding hydrogens is 270 g/mol. The SMILES string of the molecule is CC(C)(C)c1csc(CC2(CBr)CC2)n1. The second-order valence-corrected chi connectivity index (χ2v) is 7.19. The molecule has 1 saturated carbocycles. The summed E-state index contributed by atoms with van der Waals surface area (Å²) in [6, 6.07) is 0. The predicted molar refractivity (Wildman–Crippen MR) is 70.0 cm³/mol. The molecule has 0 bridgehead atoms. The fourth-order valence-corrected chi connectivity index (χ4v) is 3.55. The lowest BCUT2D eigenvalue weighted by atomic mass is 9.93. The van der Waals surface area contributed by atoms with Gasteiger partial charge in [0.1, 0.15) is 0 Å². The zero-order valence-electron chi connectivity index (χ0n) is 9.64. The van der Waals surface area contributed by atoms with Gasteiger partial charge in [0.25, 0.3) is 0 Å². The van der Waals surface area contributed by atoms with Crippen LogP contribution in [0, 0.1) is 5.41 Å². The van der Waals surface area contributed by atoms with Crippen molar-refractivity contribution in [1.82, 2.24) is 4.98 Å². The minimum absolute atomic E-state index is 0.194. The van der Waals surface area contributed by atoms with E-state index in [-0.39, 0.29) is 5.41 Å². The summed E-state index contributed by atoms with van der Waals surface area (Å²) < 4.78 is 0. The Labute approximate surface area is 104 Å². The van der Waals surface area contributed by atoms with Gasteiger partial charge >= 0.3 is 0 Å². The Hall–Kier alpha value is 0.110. The molecule has 1 aromatic rings. The fraction of sp³-hybridized carbons (Fsp3) is 0.750. The minimum atomic E-state index is 0.194. The van der Waals surface area contributed by atoms with Crippen molar-refractivity contribution in [2.24, 2.45) is 5.41 Å². The van der Waals surface area contributed by atoms with Gasteiger partial charge in [0.2, 0.25) is 0 Å². The smallest absolute Gasteiger partial charge is 0.0934 e. The van der Waals surface area contributed by atoms with Gasteiger partial charge in [-0.05, 0) is 18.3 Å². The van der Waals surface area contributed by atoms with Crippen molar-refractivity contribution in [2.75, 3.05) is 5.33 Å². The van der Waals surface area contributed by atoms with Crippen LogP contribution in [0.5, 0.6) is 0 Å². The monoisotopic (exact) mass is 287 g/mol. The Morgan fingerprint density at radius 3 is 2.53 bits per heavy atom. The van der Waals surface area contributed by atoms with E-state index in [1.54, 1.807) is 0 Å². The molecule has 0 spiro atoms. The van der Waals surface area contributed by atoms with Crippen LogP contribution in [0.1, 0.15) is 44.3 Å². The molecule has 2 rings (SSSR count). The van der Waals surface area contributed by atoms with Crippen LogP contribution in [0.4, 0.5) is 0 Å². The number of aromatic nitrogens is 1. The number of thiazole rings is 1. The maximum Gasteiger partial charge on any atom is 0.0934 e. The standard InChI is InChI=1S/C12H18BrNS/c1-11(2,3)9-7-15-10(14-9)6-12(8-13)4-5-12/h7H,4-6,8H2,1-3H3. The van der Waals surface area contributed by atoms with Gasteiger partial charge < -0.3 is 0 Å². The molecule has 1 nitrogen and oxygen atoms in total. The summed E-state index contributed by atoms with van der Waals surface area (Å²) in [5.41, 5.74) is 1.99. The van der Waals surface area contributed by atoms with Crippen LogP contribution in [0.25, 0.3) is 0 Å². The molecule has 1 aliphatic carbocycles. The van der Waals surface area contributed by atoms with Gasteiger partial charge in [-0.25, -0.2) is 4.98 Å². The molecule has 1 fully saturated rings. The Morgan fingerprint density at radius 2 is 2.13 bits per heavy atom. The van der Waals surface area contributed by atoms with Gasteiger partial charge in [0.05, 0.1) is 10.7 Å². The summed E-state index contributed by atoms with van der Waals surface area (Å²) in [5.74, 6) is 0. The van der Waals surface area contributed by atoms with Crippen LogP contribution in [0.3, 0.4) is 0 Å². The molecule has 0 unspecified atom stereocenters. The lowest BCUT2D eigenvalue weighted by Gasteiger charge is -2.14. The molecule has 0 saturated heterocycles. The Bertz CT molecular complexity index is 347. The fourth-order valence-electron chi connectivity index (χ4n) is 1.59. The molecule has 0 amide bonds. The average Bonchev–Trinajstić information content (AvgIpc) is 2.73. The normalized spacial score (nSPS) is 19.2. The summed E-state index contributed by atoms with van der Waals surface area (Å²) in [6.07, 6.45) is 3.89. The van der Waals surface area contributed by atoms with Crippen molar-refractivity contribution in [2.45, 2.75) is 45.4 Å². The lowest BCUT2D eigenvalue weighted by Crippen LogP contribution is -2.12. The summed E-state index contributed by atoms with van der Waals surface area (Å²) in [4.78, 5) is 4.75. The van der Waals surface area contributed by atoms with Crippen LogP contribution in [-0.4, -0.2) is 10.3 Å². The largest absolute Gasteiger partial charge is 0.246 e. The first-order chi connectivity index (χ1) is 6.95. The summed E-state index contributed by atoms with van der Waals surface area (Å²) in [6.45, 7) is 6.68. The van der Waals surface area contributed by atoms with Gasteiger partial charge in [-0.2, -0.15) is 0 Å². The van der Waals surface area contributed by atoms with Crippen molar-refractivity contribution in [1.29, 1.82) is 0 Å². The number of halogens is 1. The molecular formula is C12H18BrNS. The number of hydrogen-bond donors (Lipinski definition) is 0. The quantitative estimate of drug-likeness (QED) is 0.761. The van der Waals surface area contributed by atoms with Crippen molar-refractivity contribution in [3.63, 3.8) is 0 Å². The van der Waals surface area contributed by atoms with Crippen LogP contribution < -0.4 is 0 Å². The third-order valence-corrected chi connectivity index (χ3v) is 5.13. The number of alkyl halides is 1. The van der Waals surface area contributed by atoms with Gasteiger partial charge in [-0.3, -0.25) is 0 Å². The molecule has 0 N–H and O–H groups in total. The molecule has 1 aromatic heterocycles. The topological polar surface area (TPSA) is 12.9 Å². The van der Waals surface area contributed by atoms with Gasteiger partial charge in [-0.15, -0.1) is 11.3 Å². The first kappa shape index (κ1) is 11.6. The Morgan fingerprint density at radius 1 is 1.47 bits per heavy atom. The third-order valence-electron chi connectivity index (χ3n) is 3.09. The lowest BCUT2D eigenvalue weighted by molar-refractivity contribution is 0.555. The van der Waals surface area contributed by atoms with E-state index in [0.29, 0.717) is 5.41 Å².